The normalized spacial score (nSPS) is 20.1. The van der Waals surface area contributed by atoms with Crippen LogP contribution >= 0.6 is 12.4 Å². The number of aromatic nitrogens is 2. The van der Waals surface area contributed by atoms with E-state index in [1.54, 1.807) is 0 Å². The van der Waals surface area contributed by atoms with Crippen LogP contribution in [0.5, 0.6) is 0 Å². The molecule has 2 unspecified atom stereocenters. The second-order valence-electron chi connectivity index (χ2n) is 6.05. The van der Waals surface area contributed by atoms with Crippen LogP contribution in [-0.2, 0) is 4.79 Å². The molecule has 0 bridgehead atoms. The van der Waals surface area contributed by atoms with Gasteiger partial charge in [-0.2, -0.15) is 5.10 Å². The molecular formula is C17H23ClN4O. The summed E-state index contributed by atoms with van der Waals surface area (Å²) in [6.45, 7) is 3.89. The van der Waals surface area contributed by atoms with Crippen LogP contribution in [0.2, 0.25) is 0 Å². The fourth-order valence-corrected chi connectivity index (χ4v) is 3.12. The van der Waals surface area contributed by atoms with Crippen molar-refractivity contribution in [2.45, 2.75) is 39.2 Å². The third-order valence-electron chi connectivity index (χ3n) is 4.38. The number of anilines is 1. The fraction of sp³-hybridized carbons (Fsp3) is 0.412. The number of hydrogen-bond acceptors (Lipinski definition) is 3. The Hall–Kier alpha value is -1.85. The van der Waals surface area contributed by atoms with Crippen molar-refractivity contribution in [2.75, 3.05) is 5.32 Å². The van der Waals surface area contributed by atoms with Gasteiger partial charge in [0.15, 0.2) is 0 Å². The Kier molecular flexibility index (Phi) is 5.44. The Morgan fingerprint density at radius 1 is 1.26 bits per heavy atom. The van der Waals surface area contributed by atoms with Crippen LogP contribution in [0.3, 0.4) is 0 Å². The van der Waals surface area contributed by atoms with Gasteiger partial charge in [0, 0.05) is 12.0 Å². The highest BCUT2D eigenvalue weighted by Gasteiger charge is 2.28. The highest BCUT2D eigenvalue weighted by atomic mass is 35.5. The molecule has 0 radical (unpaired) electrons. The van der Waals surface area contributed by atoms with Gasteiger partial charge < -0.3 is 11.1 Å². The summed E-state index contributed by atoms with van der Waals surface area (Å²) in [4.78, 5) is 12.4. The average molecular weight is 335 g/mol. The molecule has 5 nitrogen and oxygen atoms in total. The zero-order chi connectivity index (χ0) is 15.7. The summed E-state index contributed by atoms with van der Waals surface area (Å²) in [5.74, 6) is 0.0839. The highest BCUT2D eigenvalue weighted by molar-refractivity contribution is 5.94. The third kappa shape index (κ3) is 3.57. The van der Waals surface area contributed by atoms with Gasteiger partial charge in [-0.1, -0.05) is 18.2 Å². The second-order valence-corrected chi connectivity index (χ2v) is 6.05. The molecule has 23 heavy (non-hydrogen) atoms. The first-order valence-electron chi connectivity index (χ1n) is 7.74. The first kappa shape index (κ1) is 17.5. The molecule has 1 aliphatic rings. The lowest BCUT2D eigenvalue weighted by molar-refractivity contribution is -0.119. The van der Waals surface area contributed by atoms with E-state index in [1.165, 1.54) is 0 Å². The van der Waals surface area contributed by atoms with Crippen LogP contribution in [0.25, 0.3) is 5.69 Å². The van der Waals surface area contributed by atoms with Crippen molar-refractivity contribution in [1.29, 1.82) is 0 Å². The van der Waals surface area contributed by atoms with Crippen molar-refractivity contribution in [3.05, 3.63) is 41.7 Å². The molecule has 1 aliphatic carbocycles. The summed E-state index contributed by atoms with van der Waals surface area (Å²) < 4.78 is 1.87. The molecule has 0 saturated heterocycles. The Balaban J connectivity index is 0.00000192. The fourth-order valence-electron chi connectivity index (χ4n) is 3.12. The zero-order valence-electron chi connectivity index (χ0n) is 13.5. The first-order chi connectivity index (χ1) is 10.6. The van der Waals surface area contributed by atoms with E-state index in [4.69, 9.17) is 5.73 Å². The second kappa shape index (κ2) is 7.15. The molecule has 6 heteroatoms. The number of nitrogens with zero attached hydrogens (tertiary/aromatic N) is 2. The van der Waals surface area contributed by atoms with Gasteiger partial charge >= 0.3 is 0 Å². The minimum Gasteiger partial charge on any atom is -0.328 e. The Morgan fingerprint density at radius 2 is 1.96 bits per heavy atom. The number of hydrogen-bond donors (Lipinski definition) is 2. The minimum absolute atomic E-state index is 0. The van der Waals surface area contributed by atoms with Gasteiger partial charge in [0.25, 0.3) is 0 Å². The number of para-hydroxylation sites is 1. The van der Waals surface area contributed by atoms with Crippen molar-refractivity contribution in [2.24, 2.45) is 11.7 Å². The largest absolute Gasteiger partial charge is 0.328 e. The summed E-state index contributed by atoms with van der Waals surface area (Å²) in [6.07, 6.45) is 2.58. The molecule has 2 atom stereocenters. The molecule has 0 spiro atoms. The molecule has 1 aromatic carbocycles. The number of rotatable bonds is 3. The van der Waals surface area contributed by atoms with Gasteiger partial charge in [0.05, 0.1) is 22.8 Å². The molecule has 1 heterocycles. The van der Waals surface area contributed by atoms with Crippen LogP contribution in [0.1, 0.15) is 30.7 Å². The van der Waals surface area contributed by atoms with Crippen LogP contribution in [0.4, 0.5) is 5.69 Å². The van der Waals surface area contributed by atoms with Crippen molar-refractivity contribution in [3.8, 4) is 5.69 Å². The zero-order valence-corrected chi connectivity index (χ0v) is 14.3. The van der Waals surface area contributed by atoms with E-state index in [0.717, 1.165) is 42.0 Å². The van der Waals surface area contributed by atoms with Crippen molar-refractivity contribution >= 4 is 24.0 Å². The summed E-state index contributed by atoms with van der Waals surface area (Å²) in [6, 6.07) is 10.1. The van der Waals surface area contributed by atoms with Crippen LogP contribution in [0, 0.1) is 19.8 Å². The third-order valence-corrected chi connectivity index (χ3v) is 4.38. The highest BCUT2D eigenvalue weighted by Crippen LogP contribution is 2.28. The van der Waals surface area contributed by atoms with Gasteiger partial charge in [-0.3, -0.25) is 4.79 Å². The summed E-state index contributed by atoms with van der Waals surface area (Å²) in [7, 11) is 0. The Labute approximate surface area is 142 Å². The number of carbonyl (C=O) groups is 1. The molecule has 3 N–H and O–H groups in total. The van der Waals surface area contributed by atoms with E-state index in [0.29, 0.717) is 0 Å². The molecule has 1 fully saturated rings. The van der Waals surface area contributed by atoms with Crippen LogP contribution in [0.15, 0.2) is 30.3 Å². The maximum Gasteiger partial charge on any atom is 0.227 e. The van der Waals surface area contributed by atoms with E-state index >= 15 is 0 Å². The Morgan fingerprint density at radius 3 is 2.57 bits per heavy atom. The number of aryl methyl sites for hydroxylation is 1. The topological polar surface area (TPSA) is 72.9 Å². The standard InChI is InChI=1S/C17H22N4O.ClH/c1-11-16(19-17(22)13-8-9-14(18)10-13)12(2)21(20-11)15-6-4-3-5-7-15;/h3-7,13-14H,8-10,18H2,1-2H3,(H,19,22);1H. The number of nitrogens with two attached hydrogens (primary N) is 1. The maximum atomic E-state index is 12.4. The van der Waals surface area contributed by atoms with Crippen molar-refractivity contribution < 1.29 is 4.79 Å². The van der Waals surface area contributed by atoms with Crippen molar-refractivity contribution in [3.63, 3.8) is 0 Å². The average Bonchev–Trinajstić information content (AvgIpc) is 3.07. The molecule has 2 aromatic rings. The maximum absolute atomic E-state index is 12.4. The molecule has 1 aromatic heterocycles. The quantitative estimate of drug-likeness (QED) is 0.906. The number of amides is 1. The van der Waals surface area contributed by atoms with E-state index in [9.17, 15) is 4.79 Å². The van der Waals surface area contributed by atoms with Crippen LogP contribution in [-0.4, -0.2) is 21.7 Å². The molecule has 1 saturated carbocycles. The predicted octanol–water partition coefficient (Wildman–Crippen LogP) is 2.98. The van der Waals surface area contributed by atoms with Gasteiger partial charge in [-0.05, 0) is 45.2 Å². The minimum atomic E-state index is 0. The molecule has 0 aliphatic heterocycles. The molecular weight excluding hydrogens is 312 g/mol. The Bertz CT molecular complexity index is 683. The van der Waals surface area contributed by atoms with Gasteiger partial charge in [0.2, 0.25) is 5.91 Å². The van der Waals surface area contributed by atoms with E-state index in [-0.39, 0.29) is 30.3 Å². The summed E-state index contributed by atoms with van der Waals surface area (Å²) in [5, 5.41) is 7.61. The van der Waals surface area contributed by atoms with Crippen molar-refractivity contribution in [1.82, 2.24) is 9.78 Å². The molecule has 1 amide bonds. The lowest BCUT2D eigenvalue weighted by Gasteiger charge is -2.11. The predicted molar refractivity (Wildman–Crippen MR) is 94.2 cm³/mol. The number of carbonyl (C=O) groups excluding carboxylic acids is 1. The first-order valence-corrected chi connectivity index (χ1v) is 7.74. The van der Waals surface area contributed by atoms with Gasteiger partial charge in [0.1, 0.15) is 0 Å². The lowest BCUT2D eigenvalue weighted by Crippen LogP contribution is -2.23. The molecule has 3 rings (SSSR count). The van der Waals surface area contributed by atoms with Gasteiger partial charge in [-0.25, -0.2) is 4.68 Å². The number of nitrogens with one attached hydrogen (secondary N) is 1. The van der Waals surface area contributed by atoms with E-state index in [2.05, 4.69) is 10.4 Å². The lowest BCUT2D eigenvalue weighted by atomic mass is 10.1. The van der Waals surface area contributed by atoms with E-state index in [1.807, 2.05) is 48.9 Å². The van der Waals surface area contributed by atoms with E-state index < -0.39 is 0 Å². The number of benzene rings is 1. The van der Waals surface area contributed by atoms with Gasteiger partial charge in [-0.15, -0.1) is 12.4 Å². The molecule has 124 valence electrons. The summed E-state index contributed by atoms with van der Waals surface area (Å²) >= 11 is 0. The van der Waals surface area contributed by atoms with Crippen LogP contribution < -0.4 is 11.1 Å². The summed E-state index contributed by atoms with van der Waals surface area (Å²) in [5.41, 5.74) is 9.48. The number of halogens is 1. The SMILES string of the molecule is Cc1nn(-c2ccccc2)c(C)c1NC(=O)C1CCC(N)C1.Cl. The monoisotopic (exact) mass is 334 g/mol. The smallest absolute Gasteiger partial charge is 0.227 e.